The number of aromatic nitrogens is 1. The molecule has 0 saturated heterocycles. The number of hydrogen-bond donors (Lipinski definition) is 0. The van der Waals surface area contributed by atoms with Crippen molar-refractivity contribution in [2.45, 2.75) is 51.6 Å². The highest BCUT2D eigenvalue weighted by atomic mass is 16.5. The molecular formula is C25H28N2O3. The Labute approximate surface area is 177 Å². The van der Waals surface area contributed by atoms with E-state index < -0.39 is 0 Å². The molecule has 0 aliphatic heterocycles. The number of rotatable bonds is 6. The van der Waals surface area contributed by atoms with E-state index in [-0.39, 0.29) is 24.1 Å². The van der Waals surface area contributed by atoms with E-state index in [9.17, 15) is 9.59 Å². The lowest BCUT2D eigenvalue weighted by molar-refractivity contribution is -0.132. The van der Waals surface area contributed by atoms with E-state index in [0.717, 1.165) is 29.7 Å². The van der Waals surface area contributed by atoms with Crippen molar-refractivity contribution in [3.05, 3.63) is 63.6 Å². The van der Waals surface area contributed by atoms with Gasteiger partial charge < -0.3 is 14.2 Å². The van der Waals surface area contributed by atoms with Gasteiger partial charge in [0.1, 0.15) is 5.75 Å². The lowest BCUT2D eigenvalue weighted by Gasteiger charge is -2.20. The second kappa shape index (κ2) is 8.39. The van der Waals surface area contributed by atoms with Gasteiger partial charge in [0.2, 0.25) is 0 Å². The third-order valence-corrected chi connectivity index (χ3v) is 5.86. The molecule has 0 N–H and O–H groups in total. The first-order chi connectivity index (χ1) is 14.4. The van der Waals surface area contributed by atoms with Crippen LogP contribution in [0.5, 0.6) is 5.75 Å². The van der Waals surface area contributed by atoms with Gasteiger partial charge in [0, 0.05) is 36.3 Å². The van der Waals surface area contributed by atoms with Crippen molar-refractivity contribution in [1.82, 2.24) is 9.47 Å². The van der Waals surface area contributed by atoms with Gasteiger partial charge in [-0.3, -0.25) is 9.59 Å². The lowest BCUT2D eigenvalue weighted by Crippen LogP contribution is -2.33. The Kier molecular flexibility index (Phi) is 5.67. The molecule has 0 bridgehead atoms. The number of likely N-dealkylation sites (N-methyl/N-ethyl adjacent to an activating group) is 1. The summed E-state index contributed by atoms with van der Waals surface area (Å²) in [5.41, 5.74) is 2.71. The summed E-state index contributed by atoms with van der Waals surface area (Å²) in [4.78, 5) is 26.7. The Balaban J connectivity index is 1.45. The van der Waals surface area contributed by atoms with Crippen LogP contribution >= 0.6 is 0 Å². The molecule has 4 rings (SSSR count). The summed E-state index contributed by atoms with van der Waals surface area (Å²) < 4.78 is 7.36. The number of pyridine rings is 1. The molecule has 1 atom stereocenters. The molecule has 1 aromatic carbocycles. The van der Waals surface area contributed by atoms with Gasteiger partial charge in [0.15, 0.2) is 6.61 Å². The van der Waals surface area contributed by atoms with Crippen LogP contribution in [0.2, 0.25) is 0 Å². The number of amides is 1. The first-order valence-corrected chi connectivity index (χ1v) is 10.7. The van der Waals surface area contributed by atoms with Crippen molar-refractivity contribution in [3.63, 3.8) is 0 Å². The fourth-order valence-electron chi connectivity index (χ4n) is 3.58. The molecule has 1 aromatic heterocycles. The zero-order chi connectivity index (χ0) is 21.3. The molecule has 5 heteroatoms. The zero-order valence-corrected chi connectivity index (χ0v) is 17.9. The van der Waals surface area contributed by atoms with Crippen LogP contribution in [0.4, 0.5) is 0 Å². The molecule has 0 radical (unpaired) electrons. The van der Waals surface area contributed by atoms with Gasteiger partial charge in [0.25, 0.3) is 11.5 Å². The number of benzene rings is 1. The number of ether oxygens (including phenoxy) is 1. The van der Waals surface area contributed by atoms with Gasteiger partial charge in [-0.05, 0) is 63.3 Å². The van der Waals surface area contributed by atoms with Crippen LogP contribution in [0.3, 0.4) is 0 Å². The van der Waals surface area contributed by atoms with Crippen LogP contribution < -0.4 is 10.3 Å². The average molecular weight is 405 g/mol. The topological polar surface area (TPSA) is 51.5 Å². The summed E-state index contributed by atoms with van der Waals surface area (Å²) in [6.07, 6.45) is 4.55. The van der Waals surface area contributed by atoms with Crippen molar-refractivity contribution < 1.29 is 9.53 Å². The lowest BCUT2D eigenvalue weighted by atomic mass is 10.1. The van der Waals surface area contributed by atoms with E-state index >= 15 is 0 Å². The highest BCUT2D eigenvalue weighted by Crippen LogP contribution is 2.28. The molecule has 2 fully saturated rings. The molecule has 1 amide bonds. The van der Waals surface area contributed by atoms with Crippen molar-refractivity contribution in [3.8, 4) is 17.6 Å². The summed E-state index contributed by atoms with van der Waals surface area (Å²) in [5.74, 6) is 7.44. The third-order valence-electron chi connectivity index (χ3n) is 5.86. The standard InChI is InChI=1S/C25H28N2O3/c1-17-14-23(30-16-25(29)26(3)22-12-13-22)15-24(28)27(17)18(2)21-10-8-20(9-11-21)7-6-19-4-5-19/h8-11,14-15,18-19,22H,4-5,12-13,16H2,1-3H3/t18-/m1/s1. The fourth-order valence-corrected chi connectivity index (χ4v) is 3.58. The largest absolute Gasteiger partial charge is 0.484 e. The highest BCUT2D eigenvalue weighted by molar-refractivity contribution is 5.78. The van der Waals surface area contributed by atoms with Crippen molar-refractivity contribution in [2.75, 3.05) is 13.7 Å². The minimum absolute atomic E-state index is 0.0468. The van der Waals surface area contributed by atoms with E-state index in [2.05, 4.69) is 11.8 Å². The Morgan fingerprint density at radius 2 is 1.90 bits per heavy atom. The summed E-state index contributed by atoms with van der Waals surface area (Å²) in [6, 6.07) is 11.6. The maximum absolute atomic E-state index is 12.8. The van der Waals surface area contributed by atoms with E-state index in [4.69, 9.17) is 4.74 Å². The Bertz CT molecular complexity index is 1050. The predicted molar refractivity (Wildman–Crippen MR) is 117 cm³/mol. The molecule has 2 aromatic rings. The second-order valence-corrected chi connectivity index (χ2v) is 8.41. The van der Waals surface area contributed by atoms with Gasteiger partial charge in [0.05, 0.1) is 6.04 Å². The van der Waals surface area contributed by atoms with E-state index in [1.54, 1.807) is 16.5 Å². The summed E-state index contributed by atoms with van der Waals surface area (Å²) >= 11 is 0. The van der Waals surface area contributed by atoms with E-state index in [1.165, 1.54) is 18.9 Å². The normalized spacial score (nSPS) is 16.4. The molecule has 2 aliphatic carbocycles. The number of carbonyl (C=O) groups excluding carboxylic acids is 1. The van der Waals surface area contributed by atoms with Gasteiger partial charge in [-0.1, -0.05) is 24.0 Å². The predicted octanol–water partition coefficient (Wildman–Crippen LogP) is 3.53. The molecule has 2 aliphatic rings. The van der Waals surface area contributed by atoms with Crippen molar-refractivity contribution >= 4 is 5.91 Å². The molecular weight excluding hydrogens is 376 g/mol. The van der Waals surface area contributed by atoms with Gasteiger partial charge in [-0.15, -0.1) is 0 Å². The molecule has 0 spiro atoms. The average Bonchev–Trinajstić information content (AvgIpc) is 3.63. The number of hydrogen-bond acceptors (Lipinski definition) is 3. The molecule has 5 nitrogen and oxygen atoms in total. The first-order valence-electron chi connectivity index (χ1n) is 10.7. The van der Waals surface area contributed by atoms with Crippen LogP contribution in [-0.4, -0.2) is 35.1 Å². The molecule has 2 saturated carbocycles. The highest BCUT2D eigenvalue weighted by Gasteiger charge is 2.29. The van der Waals surface area contributed by atoms with Gasteiger partial charge in [-0.2, -0.15) is 0 Å². The third kappa shape index (κ3) is 4.76. The maximum atomic E-state index is 12.8. The smallest absolute Gasteiger partial charge is 0.260 e. The first kappa shape index (κ1) is 20.3. The summed E-state index contributed by atoms with van der Waals surface area (Å²) in [5, 5.41) is 0. The number of aryl methyl sites for hydroxylation is 1. The van der Waals surface area contributed by atoms with Crippen LogP contribution in [0, 0.1) is 24.7 Å². The Hall–Kier alpha value is -3.00. The quantitative estimate of drug-likeness (QED) is 0.692. The van der Waals surface area contributed by atoms with Crippen LogP contribution in [0.15, 0.2) is 41.2 Å². The van der Waals surface area contributed by atoms with Gasteiger partial charge in [-0.25, -0.2) is 0 Å². The minimum Gasteiger partial charge on any atom is -0.484 e. The molecule has 156 valence electrons. The molecule has 0 unspecified atom stereocenters. The van der Waals surface area contributed by atoms with Crippen molar-refractivity contribution in [1.29, 1.82) is 0 Å². The number of nitrogens with zero attached hydrogens (tertiary/aromatic N) is 2. The maximum Gasteiger partial charge on any atom is 0.260 e. The van der Waals surface area contributed by atoms with Crippen molar-refractivity contribution in [2.24, 2.45) is 5.92 Å². The second-order valence-electron chi connectivity index (χ2n) is 8.41. The van der Waals surface area contributed by atoms with E-state index in [1.807, 2.05) is 44.2 Å². The van der Waals surface area contributed by atoms with Gasteiger partial charge >= 0.3 is 0 Å². The fraction of sp³-hybridized carbons (Fsp3) is 0.440. The Morgan fingerprint density at radius 3 is 2.50 bits per heavy atom. The van der Waals surface area contributed by atoms with Crippen LogP contribution in [0.1, 0.15) is 55.5 Å². The monoisotopic (exact) mass is 404 g/mol. The van der Waals surface area contributed by atoms with Crippen LogP contribution in [-0.2, 0) is 4.79 Å². The Morgan fingerprint density at radius 1 is 1.20 bits per heavy atom. The summed E-state index contributed by atoms with van der Waals surface area (Å²) in [6.45, 7) is 3.85. The molecule has 1 heterocycles. The molecule has 30 heavy (non-hydrogen) atoms. The minimum atomic E-state index is -0.141. The van der Waals surface area contributed by atoms with Crippen LogP contribution in [0.25, 0.3) is 0 Å². The number of carbonyl (C=O) groups is 1. The SMILES string of the molecule is Cc1cc(OCC(=O)N(C)C2CC2)cc(=O)n1[C@H](C)c1ccc(C#CC2CC2)cc1. The zero-order valence-electron chi connectivity index (χ0n) is 17.9. The summed E-state index contributed by atoms with van der Waals surface area (Å²) in [7, 11) is 1.80. The van der Waals surface area contributed by atoms with E-state index in [0.29, 0.717) is 17.7 Å².